The van der Waals surface area contributed by atoms with E-state index in [4.69, 9.17) is 34.8 Å². The Hall–Kier alpha value is -0.440. The highest BCUT2D eigenvalue weighted by molar-refractivity contribution is 7.84. The third kappa shape index (κ3) is 6.52. The molecule has 0 fully saturated rings. The van der Waals surface area contributed by atoms with Gasteiger partial charge >= 0.3 is 10.3 Å². The largest absolute Gasteiger partial charge is 0.336 e. The van der Waals surface area contributed by atoms with Crippen LogP contribution in [0.5, 0.6) is 0 Å². The topological polar surface area (TPSA) is 72.5 Å². The second kappa shape index (κ2) is 7.63. The smallest absolute Gasteiger partial charge is 0.292 e. The van der Waals surface area contributed by atoms with Gasteiger partial charge in [0.25, 0.3) is 0 Å². The summed E-state index contributed by atoms with van der Waals surface area (Å²) in [6.45, 7) is 2.28. The van der Waals surface area contributed by atoms with Gasteiger partial charge in [-0.3, -0.25) is 8.98 Å². The van der Waals surface area contributed by atoms with Crippen molar-refractivity contribution in [1.82, 2.24) is 4.72 Å². The minimum atomic E-state index is -4.34. The molecule has 0 saturated carbocycles. The van der Waals surface area contributed by atoms with Crippen LogP contribution in [0, 0.1) is 5.82 Å². The molecule has 1 N–H and O–H groups in total. The minimum absolute atomic E-state index is 0.125. The average Bonchev–Trinajstić information content (AvgIpc) is 2.44. The summed E-state index contributed by atoms with van der Waals surface area (Å²) in [5.41, 5.74) is -1.34. The van der Waals surface area contributed by atoms with Gasteiger partial charge < -0.3 is 0 Å². The van der Waals surface area contributed by atoms with Gasteiger partial charge in [0.1, 0.15) is 12.4 Å². The average molecular weight is 407 g/mol. The molecule has 0 heterocycles. The van der Waals surface area contributed by atoms with Crippen molar-refractivity contribution in [3.63, 3.8) is 0 Å². The molecule has 10 heteroatoms. The van der Waals surface area contributed by atoms with E-state index in [0.717, 1.165) is 12.1 Å². The second-order valence-corrected chi connectivity index (χ2v) is 8.82. The van der Waals surface area contributed by atoms with Gasteiger partial charge in [-0.15, -0.1) is 0 Å². The molecule has 23 heavy (non-hydrogen) atoms. The number of Topliss-reactive ketones (excluding diaryl/α,β-unsaturated/α-hetero) is 1. The molecular weight excluding hydrogens is 392 g/mol. The van der Waals surface area contributed by atoms with E-state index in [2.05, 4.69) is 8.91 Å². The lowest BCUT2D eigenvalue weighted by Crippen LogP contribution is -2.52. The molecule has 5 nitrogen and oxygen atoms in total. The molecule has 0 aliphatic carbocycles. The van der Waals surface area contributed by atoms with E-state index >= 15 is 0 Å². The van der Waals surface area contributed by atoms with Gasteiger partial charge in [-0.05, 0) is 37.6 Å². The fourth-order valence-electron chi connectivity index (χ4n) is 1.65. The number of halogens is 4. The van der Waals surface area contributed by atoms with Crippen molar-refractivity contribution in [2.45, 2.75) is 29.6 Å². The van der Waals surface area contributed by atoms with Crippen LogP contribution in [0.1, 0.15) is 30.6 Å². The Morgan fingerprint density at radius 3 is 2.22 bits per heavy atom. The maximum atomic E-state index is 12.9. The lowest BCUT2D eigenvalue weighted by atomic mass is 9.90. The summed E-state index contributed by atoms with van der Waals surface area (Å²) in [6.07, 6.45) is 0.125. The number of nitrogens with one attached hydrogen (secondary N) is 1. The summed E-state index contributed by atoms with van der Waals surface area (Å²) >= 11 is 16.3. The normalized spacial score (nSPS) is 15.2. The van der Waals surface area contributed by atoms with Crippen LogP contribution in [-0.4, -0.2) is 30.1 Å². The molecule has 0 aromatic heterocycles. The quantitative estimate of drug-likeness (QED) is 0.556. The Kier molecular flexibility index (Phi) is 6.84. The Bertz CT molecular complexity index is 661. The molecule has 1 rings (SSSR count). The van der Waals surface area contributed by atoms with Crippen LogP contribution in [0.15, 0.2) is 24.3 Å². The number of hydrogen-bond acceptors (Lipinski definition) is 4. The first-order valence-electron chi connectivity index (χ1n) is 6.44. The van der Waals surface area contributed by atoms with Gasteiger partial charge in [-0.25, -0.2) is 4.39 Å². The number of rotatable bonds is 7. The van der Waals surface area contributed by atoms with Crippen molar-refractivity contribution in [1.29, 1.82) is 0 Å². The Morgan fingerprint density at radius 1 is 1.26 bits per heavy atom. The van der Waals surface area contributed by atoms with Crippen molar-refractivity contribution in [2.24, 2.45) is 0 Å². The third-order valence-corrected chi connectivity index (χ3v) is 4.50. The minimum Gasteiger partial charge on any atom is -0.292 e. The van der Waals surface area contributed by atoms with Crippen molar-refractivity contribution in [2.75, 3.05) is 6.61 Å². The van der Waals surface area contributed by atoms with E-state index in [-0.39, 0.29) is 12.0 Å². The van der Waals surface area contributed by atoms with Gasteiger partial charge in [0.05, 0.1) is 5.54 Å². The zero-order valence-electron chi connectivity index (χ0n) is 12.3. The number of carbonyl (C=O) groups excluding carboxylic acids is 1. The second-order valence-electron chi connectivity index (χ2n) is 4.96. The molecule has 1 unspecified atom stereocenters. The molecule has 130 valence electrons. The highest BCUT2D eigenvalue weighted by Gasteiger charge is 2.37. The van der Waals surface area contributed by atoms with Gasteiger partial charge in [-0.1, -0.05) is 41.7 Å². The first kappa shape index (κ1) is 20.6. The van der Waals surface area contributed by atoms with Gasteiger partial charge in [0, 0.05) is 5.56 Å². The maximum Gasteiger partial charge on any atom is 0.336 e. The Morgan fingerprint density at radius 2 is 1.78 bits per heavy atom. The summed E-state index contributed by atoms with van der Waals surface area (Å²) in [6, 6.07) is 4.75. The van der Waals surface area contributed by atoms with E-state index in [0.29, 0.717) is 0 Å². The molecule has 0 radical (unpaired) electrons. The standard InChI is InChI=1S/C13H15Cl3FNO4S/c1-3-12(2,11(19)9-4-6-10(17)7-5-9)18-23(20,21)22-8-13(14,15)16/h4-7,18H,3,8H2,1-2H3. The number of benzene rings is 1. The van der Waals surface area contributed by atoms with E-state index in [1.807, 2.05) is 0 Å². The fraction of sp³-hybridized carbons (Fsp3) is 0.462. The van der Waals surface area contributed by atoms with Crippen LogP contribution in [0.4, 0.5) is 4.39 Å². The van der Waals surface area contributed by atoms with Gasteiger partial charge in [0.2, 0.25) is 3.79 Å². The van der Waals surface area contributed by atoms with E-state index < -0.39 is 37.8 Å². The van der Waals surface area contributed by atoms with Crippen molar-refractivity contribution < 1.29 is 21.8 Å². The van der Waals surface area contributed by atoms with Gasteiger partial charge in [0.15, 0.2) is 5.78 Å². The summed E-state index contributed by atoms with van der Waals surface area (Å²) in [5.74, 6) is -1.05. The number of carbonyl (C=O) groups is 1. The van der Waals surface area contributed by atoms with Crippen LogP contribution >= 0.6 is 34.8 Å². The van der Waals surface area contributed by atoms with Gasteiger partial charge in [-0.2, -0.15) is 13.1 Å². The van der Waals surface area contributed by atoms with Crippen molar-refractivity contribution >= 4 is 50.9 Å². The van der Waals surface area contributed by atoms with E-state index in [1.165, 1.54) is 19.1 Å². The molecule has 0 spiro atoms. The van der Waals surface area contributed by atoms with Crippen LogP contribution < -0.4 is 4.72 Å². The molecule has 0 amide bonds. The maximum absolute atomic E-state index is 12.9. The van der Waals surface area contributed by atoms with E-state index in [1.54, 1.807) is 6.92 Å². The number of alkyl halides is 3. The van der Waals surface area contributed by atoms with Crippen LogP contribution in [0.3, 0.4) is 0 Å². The van der Waals surface area contributed by atoms with Crippen molar-refractivity contribution in [3.05, 3.63) is 35.6 Å². The SMILES string of the molecule is CCC(C)(NS(=O)(=O)OCC(Cl)(Cl)Cl)C(=O)c1ccc(F)cc1. The van der Waals surface area contributed by atoms with Crippen LogP contribution in [0.25, 0.3) is 0 Å². The summed E-state index contributed by atoms with van der Waals surface area (Å²) < 4.78 is 41.5. The zero-order valence-corrected chi connectivity index (χ0v) is 15.4. The Balaban J connectivity index is 2.96. The number of hydrogen-bond donors (Lipinski definition) is 1. The Labute approximate surface area is 149 Å². The summed E-state index contributed by atoms with van der Waals surface area (Å²) in [4.78, 5) is 12.5. The highest BCUT2D eigenvalue weighted by Crippen LogP contribution is 2.27. The lowest BCUT2D eigenvalue weighted by molar-refractivity contribution is 0.0878. The van der Waals surface area contributed by atoms with Crippen LogP contribution in [0.2, 0.25) is 0 Å². The molecule has 0 aliphatic rings. The monoisotopic (exact) mass is 405 g/mol. The fourth-order valence-corrected chi connectivity index (χ4v) is 3.19. The molecular formula is C13H15Cl3FNO4S. The molecule has 1 aromatic carbocycles. The third-order valence-electron chi connectivity index (χ3n) is 3.04. The van der Waals surface area contributed by atoms with Crippen LogP contribution in [-0.2, 0) is 14.5 Å². The zero-order chi connectivity index (χ0) is 17.9. The molecule has 0 bridgehead atoms. The summed E-state index contributed by atoms with van der Waals surface area (Å²) in [5, 5.41) is 0. The molecule has 1 aromatic rings. The highest BCUT2D eigenvalue weighted by atomic mass is 35.6. The lowest BCUT2D eigenvalue weighted by Gasteiger charge is -2.27. The predicted molar refractivity (Wildman–Crippen MR) is 87.7 cm³/mol. The number of ketones is 1. The molecule has 0 saturated heterocycles. The first-order valence-corrected chi connectivity index (χ1v) is 8.98. The molecule has 1 atom stereocenters. The predicted octanol–water partition coefficient (Wildman–Crippen LogP) is 3.40. The molecule has 0 aliphatic heterocycles. The summed E-state index contributed by atoms with van der Waals surface area (Å²) in [7, 11) is -4.34. The van der Waals surface area contributed by atoms with Crippen molar-refractivity contribution in [3.8, 4) is 0 Å². The van der Waals surface area contributed by atoms with E-state index in [9.17, 15) is 17.6 Å². The first-order chi connectivity index (χ1) is 10.4.